The van der Waals surface area contributed by atoms with Crippen molar-refractivity contribution in [3.8, 4) is 5.75 Å². The third-order valence-electron chi connectivity index (χ3n) is 4.02. The molecule has 10 heteroatoms. The number of phenolic OH excluding ortho intramolecular Hbond substituents is 1. The molecule has 0 aliphatic rings. The number of benzene rings is 1. The van der Waals surface area contributed by atoms with E-state index in [1.54, 1.807) is 13.8 Å². The lowest BCUT2D eigenvalue weighted by atomic mass is 10.0. The van der Waals surface area contributed by atoms with E-state index in [1.165, 1.54) is 24.3 Å². The summed E-state index contributed by atoms with van der Waals surface area (Å²) in [5.74, 6) is -4.54. The minimum Gasteiger partial charge on any atom is -0.508 e. The number of hydrogen-bond acceptors (Lipinski definition) is 6. The van der Waals surface area contributed by atoms with Crippen molar-refractivity contribution < 1.29 is 34.5 Å². The normalized spacial score (nSPS) is 14.0. The third-order valence-corrected chi connectivity index (χ3v) is 4.02. The van der Waals surface area contributed by atoms with Gasteiger partial charge in [0.15, 0.2) is 0 Å². The maximum Gasteiger partial charge on any atom is 0.326 e. The van der Waals surface area contributed by atoms with E-state index in [0.717, 1.165) is 0 Å². The van der Waals surface area contributed by atoms with Crippen molar-refractivity contribution in [2.24, 2.45) is 11.7 Å². The quantitative estimate of drug-likeness (QED) is 0.305. The molecule has 28 heavy (non-hydrogen) atoms. The average Bonchev–Trinajstić information content (AvgIpc) is 2.60. The van der Waals surface area contributed by atoms with E-state index in [-0.39, 0.29) is 18.1 Å². The summed E-state index contributed by atoms with van der Waals surface area (Å²) in [6.07, 6.45) is -0.825. The van der Waals surface area contributed by atoms with Crippen molar-refractivity contribution in [3.63, 3.8) is 0 Å². The summed E-state index contributed by atoms with van der Waals surface area (Å²) < 4.78 is 0. The van der Waals surface area contributed by atoms with Gasteiger partial charge in [-0.3, -0.25) is 14.4 Å². The summed E-state index contributed by atoms with van der Waals surface area (Å²) >= 11 is 0. The highest BCUT2D eigenvalue weighted by molar-refractivity contribution is 5.93. The number of aromatic hydroxyl groups is 1. The van der Waals surface area contributed by atoms with Gasteiger partial charge in [0, 0.05) is 6.42 Å². The monoisotopic (exact) mass is 395 g/mol. The number of carboxylic acids is 2. The first-order valence-electron chi connectivity index (χ1n) is 8.60. The molecule has 1 rings (SSSR count). The van der Waals surface area contributed by atoms with Gasteiger partial charge in [-0.2, -0.15) is 0 Å². The van der Waals surface area contributed by atoms with Crippen LogP contribution in [0.3, 0.4) is 0 Å². The molecule has 0 bridgehead atoms. The number of carbonyl (C=O) groups excluding carboxylic acids is 2. The van der Waals surface area contributed by atoms with Crippen LogP contribution in [0.2, 0.25) is 0 Å². The fourth-order valence-electron chi connectivity index (χ4n) is 2.29. The zero-order valence-electron chi connectivity index (χ0n) is 15.6. The first-order valence-corrected chi connectivity index (χ1v) is 8.60. The predicted octanol–water partition coefficient (Wildman–Crippen LogP) is -0.553. The van der Waals surface area contributed by atoms with Crippen molar-refractivity contribution in [2.75, 3.05) is 0 Å². The Balaban J connectivity index is 3.01. The molecule has 10 nitrogen and oxygen atoms in total. The number of aliphatic carboxylic acids is 2. The molecule has 0 spiro atoms. The lowest BCUT2D eigenvalue weighted by molar-refractivity contribution is -0.147. The Morgan fingerprint density at radius 2 is 1.50 bits per heavy atom. The smallest absolute Gasteiger partial charge is 0.326 e. The maximum absolute atomic E-state index is 12.6. The second-order valence-corrected chi connectivity index (χ2v) is 6.70. The zero-order chi connectivity index (χ0) is 21.4. The molecule has 0 unspecified atom stereocenters. The Bertz CT molecular complexity index is 718. The van der Waals surface area contributed by atoms with Crippen LogP contribution in [0.1, 0.15) is 25.8 Å². The maximum atomic E-state index is 12.6. The first kappa shape index (κ1) is 22.9. The molecule has 3 atom stereocenters. The van der Waals surface area contributed by atoms with E-state index in [4.69, 9.17) is 15.9 Å². The molecule has 0 radical (unpaired) electrons. The van der Waals surface area contributed by atoms with Gasteiger partial charge in [-0.05, 0) is 23.6 Å². The molecule has 0 saturated heterocycles. The molecule has 7 N–H and O–H groups in total. The fourth-order valence-corrected chi connectivity index (χ4v) is 2.29. The summed E-state index contributed by atoms with van der Waals surface area (Å²) in [6, 6.07) is 2.16. The molecule has 1 aromatic rings. The summed E-state index contributed by atoms with van der Waals surface area (Å²) in [5, 5.41) is 31.9. The summed E-state index contributed by atoms with van der Waals surface area (Å²) in [7, 11) is 0. The highest BCUT2D eigenvalue weighted by atomic mass is 16.4. The fraction of sp³-hybridized carbons (Fsp3) is 0.444. The van der Waals surface area contributed by atoms with Gasteiger partial charge in [0.05, 0.1) is 12.5 Å². The van der Waals surface area contributed by atoms with Gasteiger partial charge in [0.25, 0.3) is 0 Å². The molecule has 0 aromatic heterocycles. The number of nitrogens with two attached hydrogens (primary N) is 1. The number of nitrogens with one attached hydrogen (secondary N) is 2. The molecule has 2 amide bonds. The van der Waals surface area contributed by atoms with Crippen LogP contribution in [-0.2, 0) is 25.6 Å². The van der Waals surface area contributed by atoms with Crippen LogP contribution in [0.4, 0.5) is 0 Å². The predicted molar refractivity (Wildman–Crippen MR) is 98.4 cm³/mol. The van der Waals surface area contributed by atoms with E-state index >= 15 is 0 Å². The largest absolute Gasteiger partial charge is 0.508 e. The van der Waals surface area contributed by atoms with Crippen molar-refractivity contribution in [1.29, 1.82) is 0 Å². The molecule has 0 fully saturated rings. The Labute approximate surface area is 161 Å². The van der Waals surface area contributed by atoms with Crippen molar-refractivity contribution >= 4 is 23.8 Å². The first-order chi connectivity index (χ1) is 13.0. The number of phenols is 1. The van der Waals surface area contributed by atoms with Crippen LogP contribution in [0.15, 0.2) is 24.3 Å². The molecule has 154 valence electrons. The SMILES string of the molecule is CC(C)[C@H](N)C(=O)N[C@@H](Cc1ccc(O)cc1)C(=O)N[C@@H](CC(=O)O)C(=O)O. The molecule has 0 heterocycles. The van der Waals surface area contributed by atoms with E-state index < -0.39 is 48.3 Å². The van der Waals surface area contributed by atoms with E-state index in [0.29, 0.717) is 5.56 Å². The summed E-state index contributed by atoms with van der Waals surface area (Å²) in [6.45, 7) is 3.46. The zero-order valence-corrected chi connectivity index (χ0v) is 15.6. The average molecular weight is 395 g/mol. The summed E-state index contributed by atoms with van der Waals surface area (Å²) in [5.41, 5.74) is 6.37. The van der Waals surface area contributed by atoms with Crippen molar-refractivity contribution in [1.82, 2.24) is 10.6 Å². The highest BCUT2D eigenvalue weighted by Crippen LogP contribution is 2.12. The van der Waals surface area contributed by atoms with Gasteiger partial charge >= 0.3 is 11.9 Å². The van der Waals surface area contributed by atoms with E-state index in [9.17, 15) is 24.3 Å². The van der Waals surface area contributed by atoms with Gasteiger partial charge in [-0.25, -0.2) is 4.79 Å². The molecule has 1 aromatic carbocycles. The Morgan fingerprint density at radius 3 is 1.96 bits per heavy atom. The third kappa shape index (κ3) is 7.23. The number of hydrogen-bond donors (Lipinski definition) is 6. The molecule has 0 aliphatic heterocycles. The molecular weight excluding hydrogens is 370 g/mol. The van der Waals surface area contributed by atoms with Gasteiger partial charge in [0.1, 0.15) is 17.8 Å². The second kappa shape index (κ2) is 10.3. The van der Waals surface area contributed by atoms with Crippen LogP contribution < -0.4 is 16.4 Å². The Kier molecular flexibility index (Phi) is 8.39. The standard InChI is InChI=1S/C18H25N3O7/c1-9(2)15(19)17(26)20-12(7-10-3-5-11(22)6-4-10)16(25)21-13(18(27)28)8-14(23)24/h3-6,9,12-13,15,22H,7-8,19H2,1-2H3,(H,20,26)(H,21,25)(H,23,24)(H,27,28)/t12-,13-,15-/m0/s1. The topological polar surface area (TPSA) is 179 Å². The summed E-state index contributed by atoms with van der Waals surface area (Å²) in [4.78, 5) is 46.8. The van der Waals surface area contributed by atoms with Crippen LogP contribution in [-0.4, -0.2) is 57.2 Å². The Morgan fingerprint density at radius 1 is 0.964 bits per heavy atom. The van der Waals surface area contributed by atoms with Crippen molar-refractivity contribution in [2.45, 2.75) is 44.8 Å². The number of carbonyl (C=O) groups is 4. The van der Waals surface area contributed by atoms with Gasteiger partial charge in [-0.15, -0.1) is 0 Å². The van der Waals surface area contributed by atoms with E-state index in [2.05, 4.69) is 10.6 Å². The highest BCUT2D eigenvalue weighted by Gasteiger charge is 2.30. The van der Waals surface area contributed by atoms with Gasteiger partial charge < -0.3 is 31.7 Å². The lowest BCUT2D eigenvalue weighted by Gasteiger charge is -2.23. The van der Waals surface area contributed by atoms with Crippen LogP contribution in [0, 0.1) is 5.92 Å². The second-order valence-electron chi connectivity index (χ2n) is 6.70. The lowest BCUT2D eigenvalue weighted by Crippen LogP contribution is -2.56. The Hall–Kier alpha value is -3.14. The minimum absolute atomic E-state index is 0.0118. The van der Waals surface area contributed by atoms with Crippen LogP contribution in [0.25, 0.3) is 0 Å². The van der Waals surface area contributed by atoms with Crippen LogP contribution in [0.5, 0.6) is 5.75 Å². The molecular formula is C18H25N3O7. The van der Waals surface area contributed by atoms with E-state index in [1.807, 2.05) is 0 Å². The molecule has 0 aliphatic carbocycles. The number of amides is 2. The van der Waals surface area contributed by atoms with Gasteiger partial charge in [0.2, 0.25) is 11.8 Å². The van der Waals surface area contributed by atoms with Crippen LogP contribution >= 0.6 is 0 Å². The minimum atomic E-state index is -1.65. The number of rotatable bonds is 10. The molecule has 0 saturated carbocycles. The van der Waals surface area contributed by atoms with Gasteiger partial charge in [-0.1, -0.05) is 26.0 Å². The number of carboxylic acid groups (broad SMARTS) is 2. The van der Waals surface area contributed by atoms with Crippen molar-refractivity contribution in [3.05, 3.63) is 29.8 Å².